The molecule has 2 heterocycles. The zero-order chi connectivity index (χ0) is 11.6. The van der Waals surface area contributed by atoms with Crippen LogP contribution in [0, 0.1) is 0 Å². The molecule has 0 bridgehead atoms. The Morgan fingerprint density at radius 2 is 2.50 bits per heavy atom. The number of morpholine rings is 1. The summed E-state index contributed by atoms with van der Waals surface area (Å²) in [5, 5.41) is 0. The monoisotopic (exact) mass is 260 g/mol. The Morgan fingerprint density at radius 3 is 3.12 bits per heavy atom. The predicted molar refractivity (Wildman–Crippen MR) is 67.1 cm³/mol. The van der Waals surface area contributed by atoms with E-state index >= 15 is 0 Å². The van der Waals surface area contributed by atoms with E-state index in [4.69, 9.17) is 16.3 Å². The Hall–Kier alpha value is -0.160. The van der Waals surface area contributed by atoms with E-state index in [1.54, 1.807) is 11.3 Å². The summed E-state index contributed by atoms with van der Waals surface area (Å²) in [5.74, 6) is 0.558. The van der Waals surface area contributed by atoms with Crippen molar-refractivity contribution in [2.24, 2.45) is 0 Å². The number of aromatic nitrogens is 1. The molecule has 1 aromatic heterocycles. The number of nitrogens with zero attached hydrogens (tertiary/aromatic N) is 2. The van der Waals surface area contributed by atoms with Gasteiger partial charge in [-0.3, -0.25) is 9.88 Å². The molecule has 0 spiro atoms. The van der Waals surface area contributed by atoms with Gasteiger partial charge in [0.05, 0.1) is 17.2 Å². The summed E-state index contributed by atoms with van der Waals surface area (Å²) in [6.45, 7) is 7.03. The summed E-state index contributed by atoms with van der Waals surface area (Å²) in [6, 6.07) is 0. The average Bonchev–Trinajstić information content (AvgIpc) is 2.67. The largest absolute Gasteiger partial charge is 0.368 e. The number of hydrogen-bond acceptors (Lipinski definition) is 4. The fourth-order valence-corrected chi connectivity index (χ4v) is 2.95. The van der Waals surface area contributed by atoms with Crippen molar-refractivity contribution in [2.45, 2.75) is 32.1 Å². The summed E-state index contributed by atoms with van der Waals surface area (Å²) in [6.07, 6.45) is 2.07. The number of ether oxygens (including phenoxy) is 1. The van der Waals surface area contributed by atoms with Crippen LogP contribution in [0.25, 0.3) is 0 Å². The second-order valence-electron chi connectivity index (χ2n) is 4.79. The van der Waals surface area contributed by atoms with Crippen molar-refractivity contribution in [1.29, 1.82) is 0 Å². The minimum Gasteiger partial charge on any atom is -0.368 e. The number of thiazole rings is 1. The number of alkyl halides is 1. The topological polar surface area (TPSA) is 25.4 Å². The molecule has 1 aliphatic rings. The Balaban J connectivity index is 1.99. The molecule has 0 aliphatic carbocycles. The van der Waals surface area contributed by atoms with Gasteiger partial charge in [0.2, 0.25) is 0 Å². The third-order valence-corrected chi connectivity index (χ3v) is 3.70. The van der Waals surface area contributed by atoms with Crippen LogP contribution in [0.2, 0.25) is 0 Å². The third-order valence-electron chi connectivity index (χ3n) is 2.59. The van der Waals surface area contributed by atoms with Crippen molar-refractivity contribution in [2.75, 3.05) is 19.0 Å². The van der Waals surface area contributed by atoms with E-state index in [9.17, 15) is 0 Å². The molecule has 16 heavy (non-hydrogen) atoms. The Labute approximate surface area is 105 Å². The van der Waals surface area contributed by atoms with Crippen molar-refractivity contribution in [3.05, 3.63) is 16.6 Å². The molecule has 0 N–H and O–H groups in total. The highest BCUT2D eigenvalue weighted by Gasteiger charge is 2.32. The van der Waals surface area contributed by atoms with Crippen molar-refractivity contribution in [1.82, 2.24) is 9.88 Å². The number of halogens is 1. The molecule has 1 fully saturated rings. The van der Waals surface area contributed by atoms with Crippen molar-refractivity contribution in [3.63, 3.8) is 0 Å². The molecule has 1 aromatic rings. The van der Waals surface area contributed by atoms with Gasteiger partial charge < -0.3 is 4.74 Å². The highest BCUT2D eigenvalue weighted by molar-refractivity contribution is 7.09. The molecule has 1 saturated heterocycles. The average molecular weight is 261 g/mol. The fourth-order valence-electron chi connectivity index (χ4n) is 2.16. The maximum atomic E-state index is 5.89. The summed E-state index contributed by atoms with van der Waals surface area (Å²) >= 11 is 7.59. The molecule has 0 radical (unpaired) electrons. The first kappa shape index (κ1) is 12.3. The van der Waals surface area contributed by atoms with Crippen LogP contribution in [0.15, 0.2) is 11.7 Å². The van der Waals surface area contributed by atoms with Gasteiger partial charge in [-0.05, 0) is 13.8 Å². The zero-order valence-electron chi connectivity index (χ0n) is 9.65. The third kappa shape index (κ3) is 3.17. The van der Waals surface area contributed by atoms with E-state index in [1.165, 1.54) is 4.88 Å². The lowest BCUT2D eigenvalue weighted by Gasteiger charge is -2.42. The normalized spacial score (nSPS) is 25.8. The van der Waals surface area contributed by atoms with Gasteiger partial charge in [0.15, 0.2) is 0 Å². The highest BCUT2D eigenvalue weighted by Crippen LogP contribution is 2.23. The van der Waals surface area contributed by atoms with Crippen molar-refractivity contribution >= 4 is 22.9 Å². The minimum atomic E-state index is -0.109. The Morgan fingerprint density at radius 1 is 1.69 bits per heavy atom. The second kappa shape index (κ2) is 5.00. The first-order valence-electron chi connectivity index (χ1n) is 5.42. The van der Waals surface area contributed by atoms with Crippen LogP contribution in [0.3, 0.4) is 0 Å². The van der Waals surface area contributed by atoms with E-state index in [1.807, 2.05) is 11.7 Å². The minimum absolute atomic E-state index is 0.109. The molecular weight excluding hydrogens is 244 g/mol. The smallest absolute Gasteiger partial charge is 0.0845 e. The molecule has 2 rings (SSSR count). The maximum absolute atomic E-state index is 5.89. The highest BCUT2D eigenvalue weighted by atomic mass is 35.5. The van der Waals surface area contributed by atoms with Crippen molar-refractivity contribution in [3.8, 4) is 0 Å². The molecule has 0 saturated carbocycles. The molecule has 0 aromatic carbocycles. The lowest BCUT2D eigenvalue weighted by atomic mass is 10.1. The van der Waals surface area contributed by atoms with E-state index in [0.717, 1.165) is 19.6 Å². The Kier molecular flexibility index (Phi) is 3.85. The zero-order valence-corrected chi connectivity index (χ0v) is 11.2. The maximum Gasteiger partial charge on any atom is 0.0845 e. The van der Waals surface area contributed by atoms with Crippen LogP contribution in [-0.2, 0) is 11.3 Å². The van der Waals surface area contributed by atoms with Crippen LogP contribution in [-0.4, -0.2) is 40.6 Å². The van der Waals surface area contributed by atoms with E-state index < -0.39 is 0 Å². The van der Waals surface area contributed by atoms with Crippen LogP contribution in [0.1, 0.15) is 18.7 Å². The van der Waals surface area contributed by atoms with E-state index in [-0.39, 0.29) is 11.7 Å². The van der Waals surface area contributed by atoms with Crippen LogP contribution < -0.4 is 0 Å². The summed E-state index contributed by atoms with van der Waals surface area (Å²) in [5.41, 5.74) is 1.77. The quantitative estimate of drug-likeness (QED) is 0.781. The van der Waals surface area contributed by atoms with Gasteiger partial charge in [-0.1, -0.05) is 0 Å². The van der Waals surface area contributed by atoms with Crippen molar-refractivity contribution < 1.29 is 4.74 Å². The lowest BCUT2D eigenvalue weighted by Crippen LogP contribution is -2.52. The molecule has 3 nitrogen and oxygen atoms in total. The molecule has 1 aliphatic heterocycles. The second-order valence-corrected chi connectivity index (χ2v) is 6.07. The van der Waals surface area contributed by atoms with Crippen LogP contribution in [0.4, 0.5) is 0 Å². The molecular formula is C11H17ClN2OS. The lowest BCUT2D eigenvalue weighted by molar-refractivity contribution is -0.129. The fraction of sp³-hybridized carbons (Fsp3) is 0.727. The summed E-state index contributed by atoms with van der Waals surface area (Å²) in [4.78, 5) is 7.79. The summed E-state index contributed by atoms with van der Waals surface area (Å²) in [7, 11) is 0. The SMILES string of the molecule is CC1(C)CN(Cc2cncs2)CC(CCl)O1. The van der Waals surface area contributed by atoms with Gasteiger partial charge in [0.25, 0.3) is 0 Å². The Bertz CT molecular complexity index is 329. The predicted octanol–water partition coefficient (Wildman–Crippen LogP) is 2.36. The molecule has 0 amide bonds. The van der Waals surface area contributed by atoms with Gasteiger partial charge in [-0.2, -0.15) is 0 Å². The van der Waals surface area contributed by atoms with Gasteiger partial charge in [-0.15, -0.1) is 22.9 Å². The van der Waals surface area contributed by atoms with Crippen LogP contribution >= 0.6 is 22.9 Å². The molecule has 5 heteroatoms. The van der Waals surface area contributed by atoms with E-state index in [0.29, 0.717) is 5.88 Å². The molecule has 1 atom stereocenters. The molecule has 90 valence electrons. The number of rotatable bonds is 3. The van der Waals surface area contributed by atoms with Gasteiger partial charge in [0.1, 0.15) is 0 Å². The first-order chi connectivity index (χ1) is 7.59. The van der Waals surface area contributed by atoms with Crippen LogP contribution in [0.5, 0.6) is 0 Å². The van der Waals surface area contributed by atoms with Gasteiger partial charge in [-0.25, -0.2) is 0 Å². The van der Waals surface area contributed by atoms with Gasteiger partial charge in [0, 0.05) is 36.6 Å². The first-order valence-corrected chi connectivity index (χ1v) is 6.84. The number of hydrogen-bond donors (Lipinski definition) is 0. The summed E-state index contributed by atoms with van der Waals surface area (Å²) < 4.78 is 5.89. The van der Waals surface area contributed by atoms with E-state index in [2.05, 4.69) is 23.7 Å². The van der Waals surface area contributed by atoms with Gasteiger partial charge >= 0.3 is 0 Å². The molecule has 1 unspecified atom stereocenters. The standard InChI is InChI=1S/C11H17ClN2OS/c1-11(2)7-14(5-9(3-12)15-11)6-10-4-13-8-16-10/h4,8-9H,3,5-7H2,1-2H3.